The van der Waals surface area contributed by atoms with Gasteiger partial charge < -0.3 is 4.74 Å². The molecule has 0 saturated carbocycles. The van der Waals surface area contributed by atoms with Crippen LogP contribution in [0.25, 0.3) is 0 Å². The zero-order chi connectivity index (χ0) is 14.6. The van der Waals surface area contributed by atoms with Crippen LogP contribution in [0, 0.1) is 18.3 Å². The molecular weight excluding hydrogens is 261 g/mol. The number of alkyl halides is 3. The van der Waals surface area contributed by atoms with Gasteiger partial charge in [0.2, 0.25) is 0 Å². The van der Waals surface area contributed by atoms with E-state index in [1.54, 1.807) is 13.0 Å². The average molecular weight is 272 g/mol. The molecular formula is C12H11F3N2O2. The van der Waals surface area contributed by atoms with Crippen molar-refractivity contribution in [1.29, 1.82) is 5.26 Å². The van der Waals surface area contributed by atoms with E-state index < -0.39 is 17.8 Å². The molecule has 0 heterocycles. The second-order valence-corrected chi connectivity index (χ2v) is 3.62. The summed E-state index contributed by atoms with van der Waals surface area (Å²) in [7, 11) is 0. The third-order valence-corrected chi connectivity index (χ3v) is 2.39. The summed E-state index contributed by atoms with van der Waals surface area (Å²) >= 11 is 0. The fraction of sp³-hybridized carbons (Fsp3) is 0.333. The fourth-order valence-electron chi connectivity index (χ4n) is 1.54. The summed E-state index contributed by atoms with van der Waals surface area (Å²) in [6.45, 7) is 2.88. The number of nitrogens with zero attached hydrogens (tertiary/aromatic N) is 1. The molecule has 0 spiro atoms. The molecule has 4 nitrogen and oxygen atoms in total. The minimum atomic E-state index is -4.54. The molecule has 1 amide bonds. The first-order chi connectivity index (χ1) is 8.81. The highest BCUT2D eigenvalue weighted by atomic mass is 19.4. The molecule has 0 bridgehead atoms. The Kier molecular flexibility index (Phi) is 4.38. The number of benzene rings is 1. The van der Waals surface area contributed by atoms with E-state index in [9.17, 15) is 18.0 Å². The summed E-state index contributed by atoms with van der Waals surface area (Å²) in [5, 5.41) is 11.2. The molecule has 1 rings (SSSR count). The Morgan fingerprint density at radius 2 is 2.11 bits per heavy atom. The summed E-state index contributed by atoms with van der Waals surface area (Å²) in [6.07, 6.45) is -5.36. The van der Waals surface area contributed by atoms with Crippen molar-refractivity contribution in [2.75, 3.05) is 11.9 Å². The summed E-state index contributed by atoms with van der Waals surface area (Å²) in [5.74, 6) is 0. The lowest BCUT2D eigenvalue weighted by Gasteiger charge is -2.14. The van der Waals surface area contributed by atoms with Crippen molar-refractivity contribution in [2.24, 2.45) is 0 Å². The molecule has 0 aromatic heterocycles. The van der Waals surface area contributed by atoms with Crippen molar-refractivity contribution in [2.45, 2.75) is 20.0 Å². The molecule has 0 unspecified atom stereocenters. The van der Waals surface area contributed by atoms with Crippen molar-refractivity contribution >= 4 is 11.8 Å². The van der Waals surface area contributed by atoms with Gasteiger partial charge in [0, 0.05) is 0 Å². The first-order valence-electron chi connectivity index (χ1n) is 5.36. The lowest BCUT2D eigenvalue weighted by Crippen LogP contribution is -2.16. The number of anilines is 1. The van der Waals surface area contributed by atoms with Gasteiger partial charge in [-0.3, -0.25) is 5.32 Å². The monoisotopic (exact) mass is 272 g/mol. The van der Waals surface area contributed by atoms with Gasteiger partial charge in [-0.2, -0.15) is 18.4 Å². The zero-order valence-electron chi connectivity index (χ0n) is 10.3. The molecule has 1 aromatic carbocycles. The Morgan fingerprint density at radius 3 is 2.58 bits per heavy atom. The highest BCUT2D eigenvalue weighted by Crippen LogP contribution is 2.35. The zero-order valence-corrected chi connectivity index (χ0v) is 10.3. The highest BCUT2D eigenvalue weighted by Gasteiger charge is 2.33. The second kappa shape index (κ2) is 5.61. The lowest BCUT2D eigenvalue weighted by molar-refractivity contribution is -0.138. The second-order valence-electron chi connectivity index (χ2n) is 3.62. The normalized spacial score (nSPS) is 10.7. The Balaban J connectivity index is 3.21. The summed E-state index contributed by atoms with van der Waals surface area (Å²) in [6, 6.07) is 3.50. The number of hydrogen-bond acceptors (Lipinski definition) is 3. The quantitative estimate of drug-likeness (QED) is 0.896. The first-order valence-corrected chi connectivity index (χ1v) is 5.36. The van der Waals surface area contributed by atoms with E-state index in [1.165, 1.54) is 6.92 Å². The van der Waals surface area contributed by atoms with Crippen LogP contribution in [-0.4, -0.2) is 12.7 Å². The highest BCUT2D eigenvalue weighted by molar-refractivity contribution is 5.87. The maximum atomic E-state index is 12.7. The van der Waals surface area contributed by atoms with Crippen LogP contribution >= 0.6 is 0 Å². The molecule has 0 saturated heterocycles. The van der Waals surface area contributed by atoms with Crippen molar-refractivity contribution in [3.05, 3.63) is 28.8 Å². The van der Waals surface area contributed by atoms with Gasteiger partial charge in [-0.1, -0.05) is 0 Å². The molecule has 0 aliphatic rings. The molecule has 19 heavy (non-hydrogen) atoms. The number of rotatable bonds is 2. The van der Waals surface area contributed by atoms with Crippen LogP contribution in [0.2, 0.25) is 0 Å². The van der Waals surface area contributed by atoms with Crippen LogP contribution in [0.5, 0.6) is 0 Å². The van der Waals surface area contributed by atoms with Gasteiger partial charge in [-0.25, -0.2) is 4.79 Å². The van der Waals surface area contributed by atoms with Crippen molar-refractivity contribution in [3.8, 4) is 6.07 Å². The summed E-state index contributed by atoms with van der Waals surface area (Å²) in [5.41, 5.74) is -1.38. The molecule has 0 aliphatic carbocycles. The minimum Gasteiger partial charge on any atom is -0.450 e. The van der Waals surface area contributed by atoms with Crippen molar-refractivity contribution in [1.82, 2.24) is 0 Å². The summed E-state index contributed by atoms with van der Waals surface area (Å²) < 4.78 is 42.6. The van der Waals surface area contributed by atoms with Crippen LogP contribution in [0.1, 0.15) is 23.6 Å². The molecule has 0 radical (unpaired) electrons. The van der Waals surface area contributed by atoms with Crippen LogP contribution in [0.4, 0.5) is 23.7 Å². The van der Waals surface area contributed by atoms with E-state index in [4.69, 9.17) is 5.26 Å². The topological polar surface area (TPSA) is 62.1 Å². The van der Waals surface area contributed by atoms with E-state index in [2.05, 4.69) is 10.1 Å². The van der Waals surface area contributed by atoms with Crippen LogP contribution in [-0.2, 0) is 10.9 Å². The molecule has 0 fully saturated rings. The predicted octanol–water partition coefficient (Wildman–Crippen LogP) is 3.45. The lowest BCUT2D eigenvalue weighted by atomic mass is 10.0. The van der Waals surface area contributed by atoms with E-state index in [0.29, 0.717) is 0 Å². The third-order valence-electron chi connectivity index (χ3n) is 2.39. The number of carbonyl (C=O) groups is 1. The number of ether oxygens (including phenoxy) is 1. The van der Waals surface area contributed by atoms with E-state index >= 15 is 0 Å². The Morgan fingerprint density at radius 1 is 1.47 bits per heavy atom. The van der Waals surface area contributed by atoms with Gasteiger partial charge in [0.15, 0.2) is 0 Å². The van der Waals surface area contributed by atoms with E-state index in [0.717, 1.165) is 12.1 Å². The number of nitriles is 1. The maximum Gasteiger partial charge on any atom is 0.416 e. The van der Waals surface area contributed by atoms with Gasteiger partial charge in [0.1, 0.15) is 6.07 Å². The van der Waals surface area contributed by atoms with Crippen molar-refractivity contribution in [3.63, 3.8) is 0 Å². The molecule has 0 atom stereocenters. The Bertz CT molecular complexity index is 533. The van der Waals surface area contributed by atoms with E-state index in [-0.39, 0.29) is 23.4 Å². The van der Waals surface area contributed by atoms with Crippen LogP contribution in [0.3, 0.4) is 0 Å². The van der Waals surface area contributed by atoms with Gasteiger partial charge in [0.05, 0.1) is 23.4 Å². The van der Waals surface area contributed by atoms with E-state index in [1.807, 2.05) is 0 Å². The van der Waals surface area contributed by atoms with Crippen molar-refractivity contribution < 1.29 is 22.7 Å². The number of hydrogen-bond donors (Lipinski definition) is 1. The van der Waals surface area contributed by atoms with Gasteiger partial charge in [0.25, 0.3) is 0 Å². The summed E-state index contributed by atoms with van der Waals surface area (Å²) in [4.78, 5) is 11.2. The molecule has 102 valence electrons. The number of nitrogens with one attached hydrogen (secondary N) is 1. The fourth-order valence-corrected chi connectivity index (χ4v) is 1.54. The maximum absolute atomic E-state index is 12.7. The first kappa shape index (κ1) is 14.8. The molecule has 1 aromatic rings. The minimum absolute atomic E-state index is 0.00792. The SMILES string of the molecule is CCOC(=O)Nc1ccc(C(F)(F)F)c(C)c1C#N. The Labute approximate surface area is 107 Å². The molecule has 7 heteroatoms. The Hall–Kier alpha value is -2.23. The van der Waals surface area contributed by atoms with Gasteiger partial charge in [-0.15, -0.1) is 0 Å². The third kappa shape index (κ3) is 3.37. The standard InChI is InChI=1S/C12H11F3N2O2/c1-3-19-11(18)17-10-5-4-9(12(13,14)15)7(2)8(10)6-16/h4-5H,3H2,1-2H3,(H,17,18). The van der Waals surface area contributed by atoms with Crippen LogP contribution < -0.4 is 5.32 Å². The molecule has 1 N–H and O–H groups in total. The number of carbonyl (C=O) groups excluding carboxylic acids is 1. The predicted molar refractivity (Wildman–Crippen MR) is 61.5 cm³/mol. The van der Waals surface area contributed by atoms with Crippen LogP contribution in [0.15, 0.2) is 12.1 Å². The van der Waals surface area contributed by atoms with Gasteiger partial charge >= 0.3 is 12.3 Å². The largest absolute Gasteiger partial charge is 0.450 e. The smallest absolute Gasteiger partial charge is 0.416 e. The average Bonchev–Trinajstić information content (AvgIpc) is 2.27. The van der Waals surface area contributed by atoms with Gasteiger partial charge in [-0.05, 0) is 31.5 Å². The number of halogens is 3. The molecule has 0 aliphatic heterocycles. The number of amides is 1.